The second kappa shape index (κ2) is 6.93. The zero-order valence-corrected chi connectivity index (χ0v) is 14.5. The van der Waals surface area contributed by atoms with Gasteiger partial charge in [0.25, 0.3) is 0 Å². The lowest BCUT2D eigenvalue weighted by Crippen LogP contribution is -2.09. The molecule has 0 bridgehead atoms. The Labute approximate surface area is 129 Å². The quantitative estimate of drug-likeness (QED) is 0.473. The first-order valence-corrected chi connectivity index (χ1v) is 9.11. The van der Waals surface area contributed by atoms with Crippen LogP contribution in [0.15, 0.2) is 14.3 Å². The van der Waals surface area contributed by atoms with Gasteiger partial charge in [0.15, 0.2) is 0 Å². The molecular formula is C13H17Br2ClS. The predicted molar refractivity (Wildman–Crippen MR) is 84.1 cm³/mol. The topological polar surface area (TPSA) is 0 Å². The molecule has 0 radical (unpaired) electrons. The number of halogens is 3. The molecule has 0 aliphatic heterocycles. The number of hydrogen-bond donors (Lipinski definition) is 0. The van der Waals surface area contributed by atoms with Crippen LogP contribution in [0.4, 0.5) is 0 Å². The van der Waals surface area contributed by atoms with E-state index in [4.69, 9.17) is 11.6 Å². The van der Waals surface area contributed by atoms with E-state index in [0.717, 1.165) is 8.26 Å². The highest BCUT2D eigenvalue weighted by atomic mass is 79.9. The molecule has 0 spiro atoms. The molecule has 0 N–H and O–H groups in total. The van der Waals surface area contributed by atoms with E-state index >= 15 is 0 Å². The van der Waals surface area contributed by atoms with Crippen LogP contribution in [0.2, 0.25) is 0 Å². The van der Waals surface area contributed by atoms with Gasteiger partial charge in [0.2, 0.25) is 0 Å². The van der Waals surface area contributed by atoms with Crippen LogP contribution >= 0.6 is 54.8 Å². The molecule has 1 heterocycles. The fourth-order valence-electron chi connectivity index (χ4n) is 2.51. The molecule has 0 saturated heterocycles. The molecule has 17 heavy (non-hydrogen) atoms. The molecule has 1 unspecified atom stereocenters. The van der Waals surface area contributed by atoms with E-state index < -0.39 is 0 Å². The Hall–Kier alpha value is 0.950. The van der Waals surface area contributed by atoms with Gasteiger partial charge in [-0.1, -0.05) is 32.1 Å². The molecule has 1 aromatic heterocycles. The highest BCUT2D eigenvalue weighted by Crippen LogP contribution is 2.43. The molecule has 0 amide bonds. The maximum atomic E-state index is 6.66. The SMILES string of the molecule is ClC(c1cc(Br)c(Br)s1)C1CCCCCCC1. The molecule has 1 fully saturated rings. The lowest BCUT2D eigenvalue weighted by molar-refractivity contribution is 0.370. The maximum Gasteiger partial charge on any atom is 0.0843 e. The lowest BCUT2D eigenvalue weighted by Gasteiger charge is -2.23. The second-order valence-corrected chi connectivity index (χ2v) is 8.50. The van der Waals surface area contributed by atoms with E-state index in [9.17, 15) is 0 Å². The summed E-state index contributed by atoms with van der Waals surface area (Å²) in [6, 6.07) is 2.17. The lowest BCUT2D eigenvalue weighted by atomic mass is 9.88. The Balaban J connectivity index is 2.04. The standard InChI is InChI=1S/C13H17Br2ClS/c14-10-8-11(17-13(10)15)12(16)9-6-4-2-1-3-5-7-9/h8-9,12H,1-7H2. The van der Waals surface area contributed by atoms with Crippen molar-refractivity contribution >= 4 is 54.8 Å². The van der Waals surface area contributed by atoms with Crippen LogP contribution in [0, 0.1) is 5.92 Å². The van der Waals surface area contributed by atoms with Crippen LogP contribution in [0.5, 0.6) is 0 Å². The average Bonchev–Trinajstić information content (AvgIpc) is 2.58. The Morgan fingerprint density at radius 1 is 1.12 bits per heavy atom. The van der Waals surface area contributed by atoms with E-state index in [2.05, 4.69) is 37.9 Å². The third-order valence-electron chi connectivity index (χ3n) is 3.50. The third kappa shape index (κ3) is 3.95. The van der Waals surface area contributed by atoms with Gasteiger partial charge in [-0.2, -0.15) is 0 Å². The van der Waals surface area contributed by atoms with E-state index in [0.29, 0.717) is 5.92 Å². The normalized spacial score (nSPS) is 20.9. The smallest absolute Gasteiger partial charge is 0.0843 e. The van der Waals surface area contributed by atoms with Crippen molar-refractivity contribution in [3.05, 3.63) is 19.2 Å². The molecule has 1 aliphatic carbocycles. The van der Waals surface area contributed by atoms with Crippen LogP contribution in [0.1, 0.15) is 55.2 Å². The van der Waals surface area contributed by atoms with Crippen molar-refractivity contribution in [2.24, 2.45) is 5.92 Å². The van der Waals surface area contributed by atoms with Gasteiger partial charge in [0.1, 0.15) is 0 Å². The first-order valence-electron chi connectivity index (χ1n) is 6.27. The van der Waals surface area contributed by atoms with Crippen LogP contribution < -0.4 is 0 Å². The number of thiophene rings is 1. The van der Waals surface area contributed by atoms with Gasteiger partial charge in [-0.25, -0.2) is 0 Å². The van der Waals surface area contributed by atoms with E-state index in [1.807, 2.05) is 0 Å². The average molecular weight is 401 g/mol. The molecule has 1 aliphatic rings. The van der Waals surface area contributed by atoms with Gasteiger partial charge in [-0.3, -0.25) is 0 Å². The third-order valence-corrected chi connectivity index (χ3v) is 7.56. The Bertz CT molecular complexity index is 337. The highest BCUT2D eigenvalue weighted by Gasteiger charge is 2.23. The minimum absolute atomic E-state index is 0.195. The molecule has 96 valence electrons. The van der Waals surface area contributed by atoms with Crippen molar-refractivity contribution in [2.45, 2.75) is 50.3 Å². The first kappa shape index (κ1) is 14.4. The Morgan fingerprint density at radius 3 is 2.24 bits per heavy atom. The summed E-state index contributed by atoms with van der Waals surface area (Å²) < 4.78 is 2.29. The fraction of sp³-hybridized carbons (Fsp3) is 0.692. The molecule has 2 rings (SSSR count). The summed E-state index contributed by atoms with van der Waals surface area (Å²) in [4.78, 5) is 1.30. The van der Waals surface area contributed by atoms with Gasteiger partial charge < -0.3 is 0 Å². The van der Waals surface area contributed by atoms with Crippen LogP contribution in [0.3, 0.4) is 0 Å². The van der Waals surface area contributed by atoms with Crippen LogP contribution in [-0.2, 0) is 0 Å². The summed E-state index contributed by atoms with van der Waals surface area (Å²) in [5, 5.41) is 0.195. The molecule has 0 nitrogen and oxygen atoms in total. The number of rotatable bonds is 2. The summed E-state index contributed by atoms with van der Waals surface area (Å²) in [5.41, 5.74) is 0. The van der Waals surface area contributed by atoms with Crippen LogP contribution in [-0.4, -0.2) is 0 Å². The van der Waals surface area contributed by atoms with Crippen LogP contribution in [0.25, 0.3) is 0 Å². The summed E-state index contributed by atoms with van der Waals surface area (Å²) >= 11 is 15.5. The number of hydrogen-bond acceptors (Lipinski definition) is 1. The van der Waals surface area contributed by atoms with Gasteiger partial charge in [-0.15, -0.1) is 22.9 Å². The molecule has 1 atom stereocenters. The van der Waals surface area contributed by atoms with E-state index in [-0.39, 0.29) is 5.38 Å². The zero-order valence-electron chi connectivity index (χ0n) is 9.72. The first-order chi connectivity index (χ1) is 8.18. The van der Waals surface area contributed by atoms with Gasteiger partial charge >= 0.3 is 0 Å². The maximum absolute atomic E-state index is 6.66. The van der Waals surface area contributed by atoms with Crippen molar-refractivity contribution in [2.75, 3.05) is 0 Å². The Kier molecular flexibility index (Phi) is 5.85. The molecular weight excluding hydrogens is 383 g/mol. The minimum Gasteiger partial charge on any atom is -0.130 e. The predicted octanol–water partition coefficient (Wildman–Crippen LogP) is 6.91. The van der Waals surface area contributed by atoms with Crippen molar-refractivity contribution in [1.82, 2.24) is 0 Å². The molecule has 1 aromatic rings. The largest absolute Gasteiger partial charge is 0.130 e. The summed E-state index contributed by atoms with van der Waals surface area (Å²) in [7, 11) is 0. The van der Waals surface area contributed by atoms with Crippen molar-refractivity contribution < 1.29 is 0 Å². The summed E-state index contributed by atoms with van der Waals surface area (Å²) in [6.07, 6.45) is 9.47. The van der Waals surface area contributed by atoms with E-state index in [1.165, 1.54) is 49.8 Å². The van der Waals surface area contributed by atoms with Gasteiger partial charge in [0, 0.05) is 9.35 Å². The number of alkyl halides is 1. The second-order valence-electron chi connectivity index (χ2n) is 4.78. The zero-order chi connectivity index (χ0) is 12.3. The summed E-state index contributed by atoms with van der Waals surface area (Å²) in [5.74, 6) is 0.661. The van der Waals surface area contributed by atoms with Crippen molar-refractivity contribution in [3.63, 3.8) is 0 Å². The van der Waals surface area contributed by atoms with E-state index in [1.54, 1.807) is 11.3 Å². The Morgan fingerprint density at radius 2 is 1.71 bits per heavy atom. The highest BCUT2D eigenvalue weighted by molar-refractivity contribution is 9.13. The van der Waals surface area contributed by atoms with Crippen molar-refractivity contribution in [3.8, 4) is 0 Å². The van der Waals surface area contributed by atoms with Gasteiger partial charge in [0.05, 0.1) is 9.16 Å². The van der Waals surface area contributed by atoms with Crippen molar-refractivity contribution in [1.29, 1.82) is 0 Å². The fourth-order valence-corrected chi connectivity index (χ4v) is 5.12. The minimum atomic E-state index is 0.195. The van der Waals surface area contributed by atoms with Gasteiger partial charge in [-0.05, 0) is 56.7 Å². The molecule has 1 saturated carbocycles. The summed E-state index contributed by atoms with van der Waals surface area (Å²) in [6.45, 7) is 0. The monoisotopic (exact) mass is 398 g/mol. The molecule has 4 heteroatoms. The molecule has 0 aromatic carbocycles.